The smallest absolute Gasteiger partial charge is 0.336 e. The van der Waals surface area contributed by atoms with Gasteiger partial charge in [0.15, 0.2) is 0 Å². The summed E-state index contributed by atoms with van der Waals surface area (Å²) in [4.78, 5) is 27.2. The average Bonchev–Trinajstić information content (AvgIpc) is 3.21. The first-order valence-electron chi connectivity index (χ1n) is 9.00. The highest BCUT2D eigenvalue weighted by Gasteiger charge is 2.14. The van der Waals surface area contributed by atoms with Crippen molar-refractivity contribution in [2.24, 2.45) is 0 Å². The van der Waals surface area contributed by atoms with Crippen LogP contribution in [-0.2, 0) is 0 Å². The molecule has 1 fully saturated rings. The Labute approximate surface area is 157 Å². The summed E-state index contributed by atoms with van der Waals surface area (Å²) in [7, 11) is 0. The maximum Gasteiger partial charge on any atom is 0.336 e. The minimum absolute atomic E-state index is 0.254. The van der Waals surface area contributed by atoms with Gasteiger partial charge in [-0.2, -0.15) is 0 Å². The monoisotopic (exact) mass is 360 g/mol. The van der Waals surface area contributed by atoms with E-state index in [9.17, 15) is 9.90 Å². The second-order valence-corrected chi connectivity index (χ2v) is 6.76. The fourth-order valence-corrected chi connectivity index (χ4v) is 3.30. The van der Waals surface area contributed by atoms with Gasteiger partial charge in [0, 0.05) is 36.4 Å². The fourth-order valence-electron chi connectivity index (χ4n) is 3.30. The van der Waals surface area contributed by atoms with Crippen molar-refractivity contribution < 1.29 is 9.90 Å². The second-order valence-electron chi connectivity index (χ2n) is 6.76. The summed E-state index contributed by atoms with van der Waals surface area (Å²) in [6.07, 6.45) is 9.56. The van der Waals surface area contributed by atoms with Crippen molar-refractivity contribution in [3.63, 3.8) is 0 Å². The van der Waals surface area contributed by atoms with Gasteiger partial charge in [0.1, 0.15) is 0 Å². The number of carbonyl (C=O) groups is 1. The number of carboxylic acid groups (broad SMARTS) is 1. The summed E-state index contributed by atoms with van der Waals surface area (Å²) in [6, 6.07) is 7.23. The molecule has 6 heteroatoms. The van der Waals surface area contributed by atoms with E-state index >= 15 is 0 Å². The number of nitrogens with zero attached hydrogens (tertiary/aromatic N) is 4. The largest absolute Gasteiger partial charge is 0.478 e. The Hall–Kier alpha value is -3.28. The van der Waals surface area contributed by atoms with Crippen molar-refractivity contribution in [3.05, 3.63) is 59.0 Å². The number of fused-ring (bicyclic) bond motifs is 1. The first-order valence-corrected chi connectivity index (χ1v) is 9.00. The Balaban J connectivity index is 1.62. The van der Waals surface area contributed by atoms with Crippen molar-refractivity contribution in [2.75, 3.05) is 18.0 Å². The molecule has 1 aromatic carbocycles. The Morgan fingerprint density at radius 3 is 2.56 bits per heavy atom. The maximum absolute atomic E-state index is 11.6. The summed E-state index contributed by atoms with van der Waals surface area (Å²) in [5, 5.41) is 10.2. The Morgan fingerprint density at radius 1 is 1.11 bits per heavy atom. The molecule has 1 saturated heterocycles. The molecule has 0 amide bonds. The van der Waals surface area contributed by atoms with E-state index in [1.807, 2.05) is 31.2 Å². The molecule has 6 nitrogen and oxygen atoms in total. The second kappa shape index (κ2) is 7.15. The summed E-state index contributed by atoms with van der Waals surface area (Å²) < 4.78 is 0. The third kappa shape index (κ3) is 3.65. The van der Waals surface area contributed by atoms with Crippen LogP contribution in [0.15, 0.2) is 36.7 Å². The number of hydrogen-bond acceptors (Lipinski definition) is 5. The van der Waals surface area contributed by atoms with Crippen LogP contribution in [0.5, 0.6) is 0 Å². The molecule has 3 aromatic rings. The van der Waals surface area contributed by atoms with Crippen molar-refractivity contribution in [3.8, 4) is 0 Å². The summed E-state index contributed by atoms with van der Waals surface area (Å²) in [5.41, 5.74) is 3.36. The van der Waals surface area contributed by atoms with Crippen molar-refractivity contribution in [1.82, 2.24) is 15.0 Å². The fraction of sp³-hybridized carbons (Fsp3) is 0.238. The zero-order valence-corrected chi connectivity index (χ0v) is 15.1. The van der Waals surface area contributed by atoms with E-state index in [2.05, 4.69) is 19.9 Å². The zero-order valence-electron chi connectivity index (χ0n) is 15.1. The van der Waals surface area contributed by atoms with E-state index < -0.39 is 5.97 Å². The number of carboxylic acids is 1. The van der Waals surface area contributed by atoms with Gasteiger partial charge < -0.3 is 10.0 Å². The van der Waals surface area contributed by atoms with E-state index in [-0.39, 0.29) is 5.56 Å². The van der Waals surface area contributed by atoms with Gasteiger partial charge in [-0.1, -0.05) is 11.6 Å². The number of benzene rings is 1. The number of rotatable bonds is 4. The van der Waals surface area contributed by atoms with E-state index in [4.69, 9.17) is 0 Å². The third-order valence-corrected chi connectivity index (χ3v) is 4.71. The predicted molar refractivity (Wildman–Crippen MR) is 106 cm³/mol. The molecule has 1 aliphatic heterocycles. The van der Waals surface area contributed by atoms with Crippen molar-refractivity contribution in [1.29, 1.82) is 0 Å². The van der Waals surface area contributed by atoms with Crippen LogP contribution in [0.3, 0.4) is 0 Å². The summed E-state index contributed by atoms with van der Waals surface area (Å²) in [6.45, 7) is 3.95. The van der Waals surface area contributed by atoms with Crippen LogP contribution in [0.1, 0.15) is 40.0 Å². The Kier molecular flexibility index (Phi) is 4.54. The number of aromatic carboxylic acids is 1. The highest BCUT2D eigenvalue weighted by Crippen LogP contribution is 2.21. The standard InChI is InChI=1S/C21H20N4O2/c1-14-4-7-19-17(10-14)18(20(26)27)11-16(24-19)6-5-15-12-22-21(23-13-15)25-8-2-3-9-25/h4-7,10-13H,2-3,8-9H2,1H3,(H,26,27). The van der Waals surface area contributed by atoms with Gasteiger partial charge in [0.25, 0.3) is 0 Å². The van der Waals surface area contributed by atoms with Crippen LogP contribution >= 0.6 is 0 Å². The maximum atomic E-state index is 11.6. The lowest BCUT2D eigenvalue weighted by atomic mass is 10.0. The van der Waals surface area contributed by atoms with Gasteiger partial charge in [0.2, 0.25) is 5.95 Å². The van der Waals surface area contributed by atoms with Crippen molar-refractivity contribution in [2.45, 2.75) is 19.8 Å². The lowest BCUT2D eigenvalue weighted by Crippen LogP contribution is -2.20. The molecule has 0 atom stereocenters. The topological polar surface area (TPSA) is 79.2 Å². The van der Waals surface area contributed by atoms with Crippen LogP contribution in [0.25, 0.3) is 23.1 Å². The Bertz CT molecular complexity index is 1020. The molecule has 3 heterocycles. The van der Waals surface area contributed by atoms with Gasteiger partial charge in [-0.25, -0.2) is 19.7 Å². The van der Waals surface area contributed by atoms with Gasteiger partial charge in [-0.3, -0.25) is 0 Å². The predicted octanol–water partition coefficient (Wildman–Crippen LogP) is 3.80. The number of pyridine rings is 1. The van der Waals surface area contributed by atoms with E-state index in [0.717, 1.165) is 30.2 Å². The van der Waals surface area contributed by atoms with Crippen LogP contribution < -0.4 is 4.90 Å². The van der Waals surface area contributed by atoms with Gasteiger partial charge in [-0.05, 0) is 50.1 Å². The van der Waals surface area contributed by atoms with Gasteiger partial charge in [-0.15, -0.1) is 0 Å². The molecule has 0 bridgehead atoms. The minimum atomic E-state index is -0.957. The summed E-state index contributed by atoms with van der Waals surface area (Å²) in [5.74, 6) is -0.196. The number of hydrogen-bond donors (Lipinski definition) is 1. The minimum Gasteiger partial charge on any atom is -0.478 e. The quantitative estimate of drug-likeness (QED) is 0.762. The van der Waals surface area contributed by atoms with Crippen LogP contribution in [-0.4, -0.2) is 39.1 Å². The molecule has 0 unspecified atom stereocenters. The highest BCUT2D eigenvalue weighted by atomic mass is 16.4. The molecule has 1 aliphatic rings. The third-order valence-electron chi connectivity index (χ3n) is 4.71. The first kappa shape index (κ1) is 17.1. The lowest BCUT2D eigenvalue weighted by molar-refractivity contribution is 0.0699. The van der Waals surface area contributed by atoms with Crippen molar-refractivity contribution >= 4 is 35.0 Å². The van der Waals surface area contributed by atoms with Gasteiger partial charge in [0.05, 0.1) is 16.8 Å². The lowest BCUT2D eigenvalue weighted by Gasteiger charge is -2.14. The molecule has 4 rings (SSSR count). The van der Waals surface area contributed by atoms with Crippen LogP contribution in [0, 0.1) is 6.92 Å². The molecular weight excluding hydrogens is 340 g/mol. The Morgan fingerprint density at radius 2 is 1.85 bits per heavy atom. The van der Waals surface area contributed by atoms with Crippen LogP contribution in [0.4, 0.5) is 5.95 Å². The molecule has 136 valence electrons. The van der Waals surface area contributed by atoms with E-state index in [1.54, 1.807) is 24.5 Å². The molecular formula is C21H20N4O2. The molecule has 0 spiro atoms. The number of aryl methyl sites for hydroxylation is 1. The number of aromatic nitrogens is 3. The van der Waals surface area contributed by atoms with E-state index in [1.165, 1.54) is 12.8 Å². The molecule has 27 heavy (non-hydrogen) atoms. The summed E-state index contributed by atoms with van der Waals surface area (Å²) >= 11 is 0. The highest BCUT2D eigenvalue weighted by molar-refractivity contribution is 6.03. The SMILES string of the molecule is Cc1ccc2nc(C=Cc3cnc(N4CCCC4)nc3)cc(C(=O)O)c2c1. The molecule has 1 N–H and O–H groups in total. The number of anilines is 1. The van der Waals surface area contributed by atoms with E-state index in [0.29, 0.717) is 16.6 Å². The molecule has 0 radical (unpaired) electrons. The molecule has 0 saturated carbocycles. The molecule has 2 aromatic heterocycles. The zero-order chi connectivity index (χ0) is 18.8. The normalized spacial score (nSPS) is 14.3. The van der Waals surface area contributed by atoms with Gasteiger partial charge >= 0.3 is 5.97 Å². The molecule has 0 aliphatic carbocycles. The average molecular weight is 360 g/mol. The van der Waals surface area contributed by atoms with Crippen LogP contribution in [0.2, 0.25) is 0 Å². The first-order chi connectivity index (χ1) is 13.1.